The predicted octanol–water partition coefficient (Wildman–Crippen LogP) is 5.51. The first-order valence-corrected chi connectivity index (χ1v) is 10.5. The van der Waals surface area contributed by atoms with Crippen molar-refractivity contribution in [2.45, 2.75) is 64.3 Å². The van der Waals surface area contributed by atoms with E-state index in [4.69, 9.17) is 8.53 Å². The van der Waals surface area contributed by atoms with Crippen LogP contribution in [0.5, 0.6) is 5.75 Å². The molecule has 21 heavy (non-hydrogen) atoms. The lowest BCUT2D eigenvalue weighted by atomic mass is 10.3. The summed E-state index contributed by atoms with van der Waals surface area (Å²) in [6.07, 6.45) is 1.97. The third kappa shape index (κ3) is 8.51. The van der Waals surface area contributed by atoms with Gasteiger partial charge in [0.25, 0.3) is 0 Å². The minimum Gasteiger partial charge on any atom is -0.468 e. The normalized spacial score (nSPS) is 12.7. The lowest BCUT2D eigenvalue weighted by Gasteiger charge is -2.25. The minimum absolute atomic E-state index is 0.0773. The number of ether oxygens (including phenoxy) is 1. The largest absolute Gasteiger partial charge is 0.468 e. The van der Waals surface area contributed by atoms with Crippen LogP contribution < -0.4 is 4.74 Å². The summed E-state index contributed by atoms with van der Waals surface area (Å²) < 4.78 is 12.5. The number of benzene rings is 1. The molecule has 1 atom stereocenters. The van der Waals surface area contributed by atoms with Crippen molar-refractivity contribution in [3.8, 4) is 5.75 Å². The van der Waals surface area contributed by atoms with Crippen molar-refractivity contribution in [2.75, 3.05) is 0 Å². The summed E-state index contributed by atoms with van der Waals surface area (Å²) in [5.74, 6) is 2.33. The van der Waals surface area contributed by atoms with Gasteiger partial charge < -0.3 is 8.53 Å². The zero-order chi connectivity index (χ0) is 15.7. The fourth-order valence-electron chi connectivity index (χ4n) is 2.51. The molecule has 0 spiro atoms. The summed E-state index contributed by atoms with van der Waals surface area (Å²) in [6, 6.07) is 10.0. The Morgan fingerprint density at radius 3 is 2.00 bits per heavy atom. The first-order chi connectivity index (χ1) is 10.0. The highest BCUT2D eigenvalue weighted by Gasteiger charge is 2.27. The molecule has 0 saturated carbocycles. The molecular formula is C18H31AlO2. The Morgan fingerprint density at radius 1 is 0.952 bits per heavy atom. The van der Waals surface area contributed by atoms with Gasteiger partial charge in [0.1, 0.15) is 5.75 Å². The Balaban J connectivity index is 2.64. The van der Waals surface area contributed by atoms with E-state index in [0.29, 0.717) is 11.8 Å². The zero-order valence-electron chi connectivity index (χ0n) is 14.3. The van der Waals surface area contributed by atoms with E-state index in [1.54, 1.807) is 0 Å². The molecule has 3 heteroatoms. The third-order valence-corrected chi connectivity index (χ3v) is 6.97. The van der Waals surface area contributed by atoms with Crippen LogP contribution in [0.25, 0.3) is 0 Å². The standard InChI is InChI=1S/C10H13O2.2C4H9.Al/c1-2-6-10(11)12-9-7-4-3-5-8-9;2*1-4(2)3;/h3-5,7-8,10H,2,6H2,1H3;2*4H,1H2,2-3H3;/q-1;;;+1. The van der Waals surface area contributed by atoms with Crippen molar-refractivity contribution in [2.24, 2.45) is 11.8 Å². The molecule has 0 N–H and O–H groups in total. The first-order valence-electron chi connectivity index (χ1n) is 8.38. The predicted molar refractivity (Wildman–Crippen MR) is 91.9 cm³/mol. The van der Waals surface area contributed by atoms with Crippen LogP contribution in [-0.2, 0) is 3.79 Å². The number of hydrogen-bond donors (Lipinski definition) is 0. The second kappa shape index (κ2) is 10.3. The summed E-state index contributed by atoms with van der Waals surface area (Å²) in [5, 5.41) is 2.47. The second-order valence-corrected chi connectivity index (χ2v) is 9.13. The molecule has 1 unspecified atom stereocenters. The van der Waals surface area contributed by atoms with Crippen LogP contribution >= 0.6 is 0 Å². The third-order valence-electron chi connectivity index (χ3n) is 3.35. The molecule has 2 nitrogen and oxygen atoms in total. The molecule has 0 saturated heterocycles. The summed E-state index contributed by atoms with van der Waals surface area (Å²) in [4.78, 5) is 0. The smallest absolute Gasteiger partial charge is 0.464 e. The van der Waals surface area contributed by atoms with Crippen molar-refractivity contribution in [1.82, 2.24) is 0 Å². The summed E-state index contributed by atoms with van der Waals surface area (Å²) in [5.41, 5.74) is 0. The van der Waals surface area contributed by atoms with E-state index in [0.717, 1.165) is 18.6 Å². The summed E-state index contributed by atoms with van der Waals surface area (Å²) in [6.45, 7) is 11.3. The van der Waals surface area contributed by atoms with Gasteiger partial charge in [0, 0.05) is 6.42 Å². The van der Waals surface area contributed by atoms with E-state index in [9.17, 15) is 0 Å². The average molecular weight is 306 g/mol. The van der Waals surface area contributed by atoms with Crippen molar-refractivity contribution < 1.29 is 8.53 Å². The Hall–Kier alpha value is -0.488. The quantitative estimate of drug-likeness (QED) is 0.419. The van der Waals surface area contributed by atoms with E-state index in [2.05, 4.69) is 34.6 Å². The van der Waals surface area contributed by atoms with Gasteiger partial charge in [0.05, 0.1) is 0 Å². The van der Waals surface area contributed by atoms with Gasteiger partial charge in [-0.15, -0.1) is 0 Å². The van der Waals surface area contributed by atoms with Crippen LogP contribution in [0.1, 0.15) is 47.5 Å². The SMILES string of the molecule is CCCC(Oc1ccccc1)[O][Al]([CH2]C(C)C)[CH2]C(C)C. The summed E-state index contributed by atoms with van der Waals surface area (Å²) >= 11 is -1.21. The Kier molecular flexibility index (Phi) is 9.08. The number of rotatable bonds is 10. The van der Waals surface area contributed by atoms with Gasteiger partial charge in [-0.1, -0.05) is 81.6 Å². The van der Waals surface area contributed by atoms with Crippen LogP contribution in [0.3, 0.4) is 0 Å². The van der Waals surface area contributed by atoms with Gasteiger partial charge >= 0.3 is 14.5 Å². The lowest BCUT2D eigenvalue weighted by molar-refractivity contribution is -0.00531. The van der Waals surface area contributed by atoms with Gasteiger partial charge in [0.15, 0.2) is 6.29 Å². The highest BCUT2D eigenvalue weighted by atomic mass is 27.2. The van der Waals surface area contributed by atoms with Crippen LogP contribution in [0.2, 0.25) is 10.6 Å². The van der Waals surface area contributed by atoms with Crippen molar-refractivity contribution in [3.05, 3.63) is 30.3 Å². The van der Waals surface area contributed by atoms with Gasteiger partial charge in [-0.2, -0.15) is 0 Å². The Labute approximate surface area is 135 Å². The van der Waals surface area contributed by atoms with Crippen LogP contribution in [0.15, 0.2) is 30.3 Å². The van der Waals surface area contributed by atoms with Gasteiger partial charge in [-0.05, 0) is 12.1 Å². The molecule has 0 aliphatic rings. The van der Waals surface area contributed by atoms with Crippen molar-refractivity contribution in [1.29, 1.82) is 0 Å². The highest BCUT2D eigenvalue weighted by molar-refractivity contribution is 6.52. The molecule has 1 aromatic rings. The van der Waals surface area contributed by atoms with Gasteiger partial charge in [0.2, 0.25) is 0 Å². The molecule has 0 aliphatic heterocycles. The molecular weight excluding hydrogens is 275 g/mol. The van der Waals surface area contributed by atoms with E-state index >= 15 is 0 Å². The molecule has 0 aromatic heterocycles. The summed E-state index contributed by atoms with van der Waals surface area (Å²) in [7, 11) is 0. The van der Waals surface area contributed by atoms with Gasteiger partial charge in [-0.3, -0.25) is 0 Å². The average Bonchev–Trinajstić information content (AvgIpc) is 2.38. The van der Waals surface area contributed by atoms with Gasteiger partial charge in [-0.25, -0.2) is 0 Å². The molecule has 0 amide bonds. The topological polar surface area (TPSA) is 18.5 Å². The van der Waals surface area contributed by atoms with E-state index in [1.165, 1.54) is 10.6 Å². The van der Waals surface area contributed by atoms with Crippen LogP contribution in [-0.4, -0.2) is 20.8 Å². The fourth-order valence-corrected chi connectivity index (χ4v) is 5.65. The van der Waals surface area contributed by atoms with Crippen molar-refractivity contribution >= 4 is 14.5 Å². The van der Waals surface area contributed by atoms with E-state index < -0.39 is 14.5 Å². The van der Waals surface area contributed by atoms with Crippen LogP contribution in [0.4, 0.5) is 0 Å². The molecule has 1 aromatic carbocycles. The molecule has 0 aliphatic carbocycles. The molecule has 0 fully saturated rings. The maximum Gasteiger partial charge on any atom is 0.464 e. The maximum atomic E-state index is 6.43. The number of para-hydroxylation sites is 1. The first kappa shape index (κ1) is 18.6. The van der Waals surface area contributed by atoms with Crippen LogP contribution in [0, 0.1) is 11.8 Å². The Morgan fingerprint density at radius 2 is 1.52 bits per heavy atom. The zero-order valence-corrected chi connectivity index (χ0v) is 15.5. The van der Waals surface area contributed by atoms with E-state index in [1.807, 2.05) is 30.3 Å². The molecule has 0 bridgehead atoms. The molecule has 0 heterocycles. The Bertz CT molecular complexity index is 355. The molecule has 1 rings (SSSR count). The monoisotopic (exact) mass is 306 g/mol. The van der Waals surface area contributed by atoms with E-state index in [-0.39, 0.29) is 6.29 Å². The highest BCUT2D eigenvalue weighted by Crippen LogP contribution is 2.21. The molecule has 118 valence electrons. The second-order valence-electron chi connectivity index (χ2n) is 6.67. The maximum absolute atomic E-state index is 6.43. The fraction of sp³-hybridized carbons (Fsp3) is 0.667. The van der Waals surface area contributed by atoms with Crippen molar-refractivity contribution in [3.63, 3.8) is 0 Å². The lowest BCUT2D eigenvalue weighted by Crippen LogP contribution is -2.32. The minimum atomic E-state index is -1.21. The number of hydrogen-bond acceptors (Lipinski definition) is 2. The molecule has 0 radical (unpaired) electrons.